The van der Waals surface area contributed by atoms with E-state index in [9.17, 15) is 8.78 Å². The van der Waals surface area contributed by atoms with Crippen LogP contribution in [-0.2, 0) is 11.3 Å². The first kappa shape index (κ1) is 18.4. The van der Waals surface area contributed by atoms with Crippen molar-refractivity contribution in [3.05, 3.63) is 58.2 Å². The van der Waals surface area contributed by atoms with Crippen LogP contribution >= 0.6 is 11.3 Å². The average Bonchev–Trinajstić information content (AvgIpc) is 3.12. The number of rotatable bonds is 1. The number of halogens is 2. The van der Waals surface area contributed by atoms with Crippen molar-refractivity contribution in [2.45, 2.75) is 39.5 Å². The summed E-state index contributed by atoms with van der Waals surface area (Å²) in [5, 5.41) is 5.85. The molecule has 4 heterocycles. The van der Waals surface area contributed by atoms with E-state index in [1.807, 2.05) is 13.8 Å². The predicted molar refractivity (Wildman–Crippen MR) is 104 cm³/mol. The van der Waals surface area contributed by atoms with Crippen molar-refractivity contribution < 1.29 is 18.3 Å². The van der Waals surface area contributed by atoms with Gasteiger partial charge in [0.05, 0.1) is 24.5 Å². The SMILES string of the molecule is Cc1nc2n(n1)-c1sc3c(c1C(c1c(F)cccc1F)=N[C@H]2C)COC[C@H](C)O3. The van der Waals surface area contributed by atoms with E-state index >= 15 is 0 Å². The third-order valence-corrected chi connectivity index (χ3v) is 6.02. The molecule has 0 N–H and O–H groups in total. The van der Waals surface area contributed by atoms with Gasteiger partial charge in [0.25, 0.3) is 0 Å². The molecule has 29 heavy (non-hydrogen) atoms. The van der Waals surface area contributed by atoms with Crippen molar-refractivity contribution in [2.24, 2.45) is 4.99 Å². The van der Waals surface area contributed by atoms with E-state index in [0.29, 0.717) is 33.9 Å². The molecule has 0 aliphatic carbocycles. The topological polar surface area (TPSA) is 61.5 Å². The lowest BCUT2D eigenvalue weighted by molar-refractivity contribution is 0.0691. The van der Waals surface area contributed by atoms with E-state index in [1.54, 1.807) is 11.6 Å². The number of aryl methyl sites for hydroxylation is 1. The van der Waals surface area contributed by atoms with Crippen molar-refractivity contribution >= 4 is 17.0 Å². The summed E-state index contributed by atoms with van der Waals surface area (Å²) in [5.41, 5.74) is 1.37. The number of benzene rings is 1. The molecule has 2 aliphatic rings. The van der Waals surface area contributed by atoms with Crippen molar-refractivity contribution in [1.82, 2.24) is 14.8 Å². The van der Waals surface area contributed by atoms with Gasteiger partial charge in [0, 0.05) is 11.1 Å². The lowest BCUT2D eigenvalue weighted by Crippen LogP contribution is -2.15. The van der Waals surface area contributed by atoms with Crippen LogP contribution in [0.4, 0.5) is 8.78 Å². The van der Waals surface area contributed by atoms with E-state index < -0.39 is 17.7 Å². The molecule has 0 spiro atoms. The first-order chi connectivity index (χ1) is 13.9. The van der Waals surface area contributed by atoms with Crippen LogP contribution in [0.3, 0.4) is 0 Å². The summed E-state index contributed by atoms with van der Waals surface area (Å²) in [6.07, 6.45) is -0.139. The van der Waals surface area contributed by atoms with E-state index in [2.05, 4.69) is 10.1 Å². The summed E-state index contributed by atoms with van der Waals surface area (Å²) in [6, 6.07) is 3.37. The highest BCUT2D eigenvalue weighted by Crippen LogP contribution is 2.44. The van der Waals surface area contributed by atoms with Gasteiger partial charge in [-0.2, -0.15) is 5.10 Å². The lowest BCUT2D eigenvalue weighted by Gasteiger charge is -2.12. The molecule has 0 saturated heterocycles. The summed E-state index contributed by atoms with van der Waals surface area (Å²) in [7, 11) is 0. The normalized spacial score (nSPS) is 20.7. The van der Waals surface area contributed by atoms with E-state index in [4.69, 9.17) is 14.5 Å². The number of ether oxygens (including phenoxy) is 2. The van der Waals surface area contributed by atoms with Gasteiger partial charge in [0.15, 0.2) is 10.9 Å². The maximum absolute atomic E-state index is 14.8. The van der Waals surface area contributed by atoms with Gasteiger partial charge in [0.1, 0.15) is 34.6 Å². The Labute approximate surface area is 169 Å². The Balaban J connectivity index is 1.84. The average molecular weight is 416 g/mol. The summed E-state index contributed by atoms with van der Waals surface area (Å²) in [4.78, 5) is 9.20. The van der Waals surface area contributed by atoms with E-state index in [-0.39, 0.29) is 24.0 Å². The molecular formula is C20H18F2N4O2S. The number of thiophene rings is 1. The van der Waals surface area contributed by atoms with Crippen LogP contribution < -0.4 is 4.74 Å². The van der Waals surface area contributed by atoms with Crippen LogP contribution in [0.2, 0.25) is 0 Å². The largest absolute Gasteiger partial charge is 0.478 e. The van der Waals surface area contributed by atoms with E-state index in [0.717, 1.165) is 5.56 Å². The second kappa shape index (κ2) is 6.70. The molecule has 0 amide bonds. The first-order valence-corrected chi connectivity index (χ1v) is 10.1. The third-order valence-electron chi connectivity index (χ3n) is 4.92. The second-order valence-corrected chi connectivity index (χ2v) is 8.13. The van der Waals surface area contributed by atoms with Gasteiger partial charge in [-0.25, -0.2) is 18.4 Å². The zero-order valence-electron chi connectivity index (χ0n) is 16.1. The van der Waals surface area contributed by atoms with Gasteiger partial charge < -0.3 is 9.47 Å². The van der Waals surface area contributed by atoms with E-state index in [1.165, 1.54) is 29.5 Å². The van der Waals surface area contributed by atoms with Crippen LogP contribution in [0.15, 0.2) is 23.2 Å². The Bertz CT molecular complexity index is 1130. The molecule has 2 aromatic heterocycles. The molecule has 1 aromatic carbocycles. The van der Waals surface area contributed by atoms with Crippen molar-refractivity contribution in [3.63, 3.8) is 0 Å². The molecule has 6 nitrogen and oxygen atoms in total. The monoisotopic (exact) mass is 416 g/mol. The quantitative estimate of drug-likeness (QED) is 0.599. The highest BCUT2D eigenvalue weighted by atomic mass is 32.1. The number of aromatic nitrogens is 3. The van der Waals surface area contributed by atoms with Crippen LogP contribution in [0, 0.1) is 18.6 Å². The molecule has 0 radical (unpaired) electrons. The summed E-state index contributed by atoms with van der Waals surface area (Å²) in [5.74, 6) is -0.132. The number of aliphatic imine (C=N–C) groups is 1. The smallest absolute Gasteiger partial charge is 0.182 e. The molecule has 0 unspecified atom stereocenters. The lowest BCUT2D eigenvalue weighted by atomic mass is 9.99. The minimum atomic E-state index is -0.672. The Kier molecular flexibility index (Phi) is 4.25. The molecule has 0 saturated carbocycles. The first-order valence-electron chi connectivity index (χ1n) is 9.30. The summed E-state index contributed by atoms with van der Waals surface area (Å²) < 4.78 is 43.0. The zero-order valence-corrected chi connectivity index (χ0v) is 16.9. The number of hydrogen-bond donors (Lipinski definition) is 0. The standard InChI is InChI=1S/C20H18F2N4O2S/c1-9-7-27-8-12-15-17(16-13(21)5-4-6-14(16)22)23-10(2)18-24-11(3)25-26(18)19(15)29-20(12)28-9/h4-6,9-10H,7-8H2,1-3H3/t9-,10-/m0/s1. The molecule has 2 atom stereocenters. The van der Waals surface area contributed by atoms with Crippen LogP contribution in [0.5, 0.6) is 5.06 Å². The molecule has 5 rings (SSSR count). The predicted octanol–water partition coefficient (Wildman–Crippen LogP) is 4.12. The highest BCUT2D eigenvalue weighted by Gasteiger charge is 2.35. The van der Waals surface area contributed by atoms with Crippen LogP contribution in [-0.4, -0.2) is 33.2 Å². The van der Waals surface area contributed by atoms with Gasteiger partial charge in [-0.15, -0.1) is 0 Å². The van der Waals surface area contributed by atoms with Crippen LogP contribution in [0.25, 0.3) is 5.00 Å². The molecule has 150 valence electrons. The molecule has 0 bridgehead atoms. The number of nitrogens with zero attached hydrogens (tertiary/aromatic N) is 4. The van der Waals surface area contributed by atoms with Crippen molar-refractivity contribution in [3.8, 4) is 10.1 Å². The molecule has 9 heteroatoms. The fourth-order valence-corrected chi connectivity index (χ4v) is 4.89. The summed E-state index contributed by atoms with van der Waals surface area (Å²) in [6.45, 7) is 6.25. The van der Waals surface area contributed by atoms with Gasteiger partial charge in [0.2, 0.25) is 0 Å². The maximum Gasteiger partial charge on any atom is 0.182 e. The summed E-state index contributed by atoms with van der Waals surface area (Å²) >= 11 is 1.37. The maximum atomic E-state index is 14.8. The minimum absolute atomic E-state index is 0.139. The van der Waals surface area contributed by atoms with Crippen LogP contribution in [0.1, 0.15) is 48.2 Å². The Morgan fingerprint density at radius 2 is 1.93 bits per heavy atom. The molecule has 0 fully saturated rings. The number of fused-ring (bicyclic) bond motifs is 5. The Hall–Kier alpha value is -2.65. The van der Waals surface area contributed by atoms with Gasteiger partial charge in [-0.05, 0) is 32.9 Å². The molecular weight excluding hydrogens is 398 g/mol. The molecule has 2 aliphatic heterocycles. The highest BCUT2D eigenvalue weighted by molar-refractivity contribution is 7.17. The second-order valence-electron chi connectivity index (χ2n) is 7.17. The fraction of sp³-hybridized carbons (Fsp3) is 0.350. The third kappa shape index (κ3) is 2.87. The van der Waals surface area contributed by atoms with Gasteiger partial charge >= 0.3 is 0 Å². The van der Waals surface area contributed by atoms with Crippen molar-refractivity contribution in [2.75, 3.05) is 6.61 Å². The minimum Gasteiger partial charge on any atom is -0.478 e. The van der Waals surface area contributed by atoms with Gasteiger partial charge in [-0.1, -0.05) is 17.4 Å². The Morgan fingerprint density at radius 3 is 2.69 bits per heavy atom. The fourth-order valence-electron chi connectivity index (χ4n) is 3.68. The zero-order chi connectivity index (χ0) is 20.3. The molecule has 3 aromatic rings. The Morgan fingerprint density at radius 1 is 1.17 bits per heavy atom. The van der Waals surface area contributed by atoms with Gasteiger partial charge in [-0.3, -0.25) is 4.99 Å². The van der Waals surface area contributed by atoms with Crippen molar-refractivity contribution in [1.29, 1.82) is 0 Å². The number of hydrogen-bond acceptors (Lipinski definition) is 6.